The molecular formula is C24H36F2O. The van der Waals surface area contributed by atoms with E-state index < -0.39 is 6.08 Å². The molecule has 152 valence electrons. The summed E-state index contributed by atoms with van der Waals surface area (Å²) in [6.07, 6.45) is 20.1. The Kier molecular flexibility index (Phi) is 8.08. The summed E-state index contributed by atoms with van der Waals surface area (Å²) < 4.78 is 24.3. The van der Waals surface area contributed by atoms with Gasteiger partial charge in [-0.05, 0) is 99.9 Å². The molecule has 3 saturated carbocycles. The predicted molar refractivity (Wildman–Crippen MR) is 107 cm³/mol. The van der Waals surface area contributed by atoms with Gasteiger partial charge in [0.15, 0.2) is 0 Å². The van der Waals surface area contributed by atoms with Crippen LogP contribution in [0.4, 0.5) is 8.78 Å². The van der Waals surface area contributed by atoms with Gasteiger partial charge in [-0.3, -0.25) is 4.79 Å². The van der Waals surface area contributed by atoms with E-state index in [4.69, 9.17) is 0 Å². The summed E-state index contributed by atoms with van der Waals surface area (Å²) in [7, 11) is 0. The van der Waals surface area contributed by atoms with Crippen molar-refractivity contribution in [2.75, 3.05) is 0 Å². The smallest absolute Gasteiger partial charge is 0.266 e. The maximum Gasteiger partial charge on any atom is 0.266 e. The molecule has 3 rings (SSSR count). The van der Waals surface area contributed by atoms with Crippen molar-refractivity contribution in [3.63, 3.8) is 0 Å². The third kappa shape index (κ3) is 6.84. The van der Waals surface area contributed by atoms with Gasteiger partial charge >= 0.3 is 0 Å². The number of ketones is 1. The summed E-state index contributed by atoms with van der Waals surface area (Å²) in [5.74, 6) is 4.27. The van der Waals surface area contributed by atoms with Crippen LogP contribution in [0.25, 0.3) is 0 Å². The summed E-state index contributed by atoms with van der Waals surface area (Å²) in [6, 6.07) is 0. The largest absolute Gasteiger partial charge is 0.300 e. The zero-order valence-corrected chi connectivity index (χ0v) is 16.7. The topological polar surface area (TPSA) is 17.1 Å². The second-order valence-electron chi connectivity index (χ2n) is 9.29. The molecule has 0 N–H and O–H groups in total. The van der Waals surface area contributed by atoms with Crippen molar-refractivity contribution in [2.45, 2.75) is 89.9 Å². The second kappa shape index (κ2) is 10.5. The fraction of sp³-hybridized carbons (Fsp3) is 0.792. The molecule has 0 atom stereocenters. The van der Waals surface area contributed by atoms with Crippen molar-refractivity contribution in [1.82, 2.24) is 0 Å². The van der Waals surface area contributed by atoms with Gasteiger partial charge in [0.05, 0.1) is 0 Å². The Morgan fingerprint density at radius 3 is 1.85 bits per heavy atom. The molecule has 27 heavy (non-hydrogen) atoms. The molecule has 3 aliphatic carbocycles. The van der Waals surface area contributed by atoms with E-state index in [-0.39, 0.29) is 0 Å². The van der Waals surface area contributed by atoms with Crippen LogP contribution in [0.1, 0.15) is 89.9 Å². The molecule has 0 aromatic heterocycles. The molecule has 0 spiro atoms. The zero-order valence-electron chi connectivity index (χ0n) is 16.7. The number of hydrogen-bond acceptors (Lipinski definition) is 1. The van der Waals surface area contributed by atoms with Gasteiger partial charge < -0.3 is 0 Å². The molecule has 0 saturated heterocycles. The molecular weight excluding hydrogens is 342 g/mol. The van der Waals surface area contributed by atoms with E-state index in [2.05, 4.69) is 12.2 Å². The highest BCUT2D eigenvalue weighted by Gasteiger charge is 2.30. The maximum atomic E-state index is 12.1. The Morgan fingerprint density at radius 2 is 1.30 bits per heavy atom. The second-order valence-corrected chi connectivity index (χ2v) is 9.29. The fourth-order valence-corrected chi connectivity index (χ4v) is 5.65. The van der Waals surface area contributed by atoms with Crippen molar-refractivity contribution in [1.29, 1.82) is 0 Å². The Hall–Kier alpha value is -0.990. The van der Waals surface area contributed by atoms with Crippen LogP contribution in [0.5, 0.6) is 0 Å². The Labute approximate surface area is 163 Å². The van der Waals surface area contributed by atoms with Crippen LogP contribution in [-0.4, -0.2) is 5.78 Å². The molecule has 3 aliphatic rings. The third-order valence-electron chi connectivity index (χ3n) is 7.49. The number of carbonyl (C=O) groups excluding carboxylic acids is 1. The molecule has 0 unspecified atom stereocenters. The molecule has 0 aromatic carbocycles. The van der Waals surface area contributed by atoms with Crippen LogP contribution in [0.3, 0.4) is 0 Å². The lowest BCUT2D eigenvalue weighted by atomic mass is 9.68. The average Bonchev–Trinajstić information content (AvgIpc) is 2.68. The molecule has 3 fully saturated rings. The first-order valence-electron chi connectivity index (χ1n) is 11.3. The number of halogens is 2. The van der Waals surface area contributed by atoms with Crippen molar-refractivity contribution in [3.05, 3.63) is 24.3 Å². The minimum atomic E-state index is -1.52. The van der Waals surface area contributed by atoms with Crippen LogP contribution in [0.2, 0.25) is 0 Å². The number of rotatable bonds is 6. The van der Waals surface area contributed by atoms with Crippen LogP contribution in [-0.2, 0) is 4.79 Å². The Balaban J connectivity index is 1.33. The summed E-state index contributed by atoms with van der Waals surface area (Å²) in [5, 5.41) is 0. The first-order valence-corrected chi connectivity index (χ1v) is 11.3. The van der Waals surface area contributed by atoms with E-state index >= 15 is 0 Å². The van der Waals surface area contributed by atoms with Crippen LogP contribution in [0.15, 0.2) is 24.3 Å². The SMILES string of the molecule is O=C1CCC(C=CC2CCC(C3CCC(CCC=C(F)F)CC3)CC2)CC1. The van der Waals surface area contributed by atoms with Crippen molar-refractivity contribution in [2.24, 2.45) is 29.6 Å². The van der Waals surface area contributed by atoms with Crippen LogP contribution >= 0.6 is 0 Å². The van der Waals surface area contributed by atoms with Crippen molar-refractivity contribution in [3.8, 4) is 0 Å². The van der Waals surface area contributed by atoms with Gasteiger partial charge in [-0.2, -0.15) is 8.78 Å². The third-order valence-corrected chi connectivity index (χ3v) is 7.49. The van der Waals surface area contributed by atoms with Crippen LogP contribution < -0.4 is 0 Å². The molecule has 0 heterocycles. The van der Waals surface area contributed by atoms with Crippen LogP contribution in [0, 0.1) is 29.6 Å². The minimum Gasteiger partial charge on any atom is -0.300 e. The average molecular weight is 379 g/mol. The highest BCUT2D eigenvalue weighted by atomic mass is 19.3. The van der Waals surface area contributed by atoms with E-state index in [1.165, 1.54) is 51.4 Å². The van der Waals surface area contributed by atoms with Gasteiger partial charge in [-0.15, -0.1) is 0 Å². The minimum absolute atomic E-state index is 0.445. The lowest BCUT2D eigenvalue weighted by molar-refractivity contribution is -0.120. The molecule has 0 amide bonds. The number of carbonyl (C=O) groups is 1. The lowest BCUT2D eigenvalue weighted by Crippen LogP contribution is -2.25. The van der Waals surface area contributed by atoms with Crippen molar-refractivity contribution < 1.29 is 13.6 Å². The first-order chi connectivity index (χ1) is 13.1. The van der Waals surface area contributed by atoms with Gasteiger partial charge in [0, 0.05) is 12.8 Å². The predicted octanol–water partition coefficient (Wildman–Crippen LogP) is 7.48. The Bertz CT molecular complexity index is 508. The van der Waals surface area contributed by atoms with E-state index in [0.29, 0.717) is 24.0 Å². The van der Waals surface area contributed by atoms with Gasteiger partial charge in [0.25, 0.3) is 6.08 Å². The number of Topliss-reactive ketones (excluding diaryl/α,β-unsaturated/α-hetero) is 1. The fourth-order valence-electron chi connectivity index (χ4n) is 5.65. The normalized spacial score (nSPS) is 33.3. The summed E-state index contributed by atoms with van der Waals surface area (Å²) in [5.41, 5.74) is 0. The summed E-state index contributed by atoms with van der Waals surface area (Å²) in [6.45, 7) is 0. The van der Waals surface area contributed by atoms with E-state index in [9.17, 15) is 13.6 Å². The van der Waals surface area contributed by atoms with E-state index in [0.717, 1.165) is 55.9 Å². The highest BCUT2D eigenvalue weighted by molar-refractivity contribution is 5.79. The van der Waals surface area contributed by atoms with Gasteiger partial charge in [-0.1, -0.05) is 25.0 Å². The maximum absolute atomic E-state index is 12.1. The number of allylic oxidation sites excluding steroid dienone is 3. The summed E-state index contributed by atoms with van der Waals surface area (Å²) in [4.78, 5) is 11.3. The summed E-state index contributed by atoms with van der Waals surface area (Å²) >= 11 is 0. The van der Waals surface area contributed by atoms with E-state index in [1.54, 1.807) is 0 Å². The molecule has 1 nitrogen and oxygen atoms in total. The number of hydrogen-bond donors (Lipinski definition) is 0. The van der Waals surface area contributed by atoms with Gasteiger partial charge in [0.1, 0.15) is 5.78 Å². The lowest BCUT2D eigenvalue weighted by Gasteiger charge is -2.37. The van der Waals surface area contributed by atoms with Gasteiger partial charge in [0.2, 0.25) is 0 Å². The van der Waals surface area contributed by atoms with Crippen molar-refractivity contribution >= 4 is 5.78 Å². The highest BCUT2D eigenvalue weighted by Crippen LogP contribution is 2.42. The molecule has 0 aromatic rings. The molecule has 3 heteroatoms. The van der Waals surface area contributed by atoms with Gasteiger partial charge in [-0.25, -0.2) is 0 Å². The monoisotopic (exact) mass is 378 g/mol. The standard InChI is InChI=1S/C24H36F2O/c25-24(26)3-1-2-18-6-12-21(13-7-18)22-14-8-19(9-15-22)4-5-20-10-16-23(27)17-11-20/h3-5,18-22H,1-2,6-17H2. The molecule has 0 radical (unpaired) electrons. The Morgan fingerprint density at radius 1 is 0.778 bits per heavy atom. The molecule has 0 aliphatic heterocycles. The molecule has 0 bridgehead atoms. The first kappa shape index (κ1) is 20.7. The van der Waals surface area contributed by atoms with E-state index in [1.807, 2.05) is 0 Å². The zero-order chi connectivity index (χ0) is 19.1. The quantitative estimate of drug-likeness (QED) is 0.438.